The van der Waals surface area contributed by atoms with E-state index >= 15 is 0 Å². The van der Waals surface area contributed by atoms with Gasteiger partial charge in [0.1, 0.15) is 30.5 Å². The van der Waals surface area contributed by atoms with E-state index in [1.54, 1.807) is 7.11 Å². The fraction of sp³-hybridized carbons (Fsp3) is 0.800. The molecule has 2 rings (SSSR count). The van der Waals surface area contributed by atoms with Crippen molar-refractivity contribution in [1.82, 2.24) is 0 Å². The lowest BCUT2D eigenvalue weighted by molar-refractivity contribution is -0.268. The summed E-state index contributed by atoms with van der Waals surface area (Å²) < 4.78 is 39.1. The number of methoxy groups -OCH3 is 1. The van der Waals surface area contributed by atoms with E-state index in [1.807, 2.05) is 0 Å². The van der Waals surface area contributed by atoms with Gasteiger partial charge in [-0.3, -0.25) is 0 Å². The van der Waals surface area contributed by atoms with Crippen LogP contribution < -0.4 is 0 Å². The van der Waals surface area contributed by atoms with Gasteiger partial charge in [-0.1, -0.05) is 75.4 Å². The van der Waals surface area contributed by atoms with Crippen molar-refractivity contribution >= 4 is 15.9 Å². The average molecular weight is 588 g/mol. The van der Waals surface area contributed by atoms with Gasteiger partial charge in [-0.15, -0.1) is 0 Å². The zero-order chi connectivity index (χ0) is 26.9. The lowest BCUT2D eigenvalue weighted by Crippen LogP contribution is -2.58. The molecule has 7 heteroatoms. The second kappa shape index (κ2) is 19.5. The van der Waals surface area contributed by atoms with E-state index in [9.17, 15) is 0 Å². The van der Waals surface area contributed by atoms with Crippen molar-refractivity contribution in [3.63, 3.8) is 0 Å². The third-order valence-corrected chi connectivity index (χ3v) is 7.06. The summed E-state index contributed by atoms with van der Waals surface area (Å²) in [4.78, 5) is 0. The van der Waals surface area contributed by atoms with E-state index < -0.39 is 0 Å². The molecule has 1 aromatic rings. The first kappa shape index (κ1) is 32.7. The van der Waals surface area contributed by atoms with Gasteiger partial charge < -0.3 is 28.4 Å². The van der Waals surface area contributed by atoms with Crippen LogP contribution >= 0.6 is 15.9 Å². The Labute approximate surface area is 234 Å². The maximum absolute atomic E-state index is 6.85. The Kier molecular flexibility index (Phi) is 17.2. The van der Waals surface area contributed by atoms with E-state index in [0.717, 1.165) is 73.6 Å². The molecule has 1 aliphatic rings. The Bertz CT molecular complexity index is 717. The molecule has 214 valence electrons. The fourth-order valence-electron chi connectivity index (χ4n) is 4.52. The minimum atomic E-state index is -0.303. The molecule has 1 heterocycles. The van der Waals surface area contributed by atoms with Gasteiger partial charge >= 0.3 is 0 Å². The third-order valence-electron chi connectivity index (χ3n) is 6.60. The van der Waals surface area contributed by atoms with Gasteiger partial charge in [0.25, 0.3) is 0 Å². The molecule has 0 saturated carbocycles. The highest BCUT2D eigenvalue weighted by atomic mass is 79.9. The van der Waals surface area contributed by atoms with Crippen LogP contribution in [0.3, 0.4) is 0 Å². The molecule has 0 N–H and O–H groups in total. The van der Waals surface area contributed by atoms with Gasteiger partial charge in [-0.25, -0.2) is 0 Å². The number of ether oxygens (including phenoxy) is 6. The van der Waals surface area contributed by atoms with Crippen molar-refractivity contribution in [2.45, 2.75) is 116 Å². The van der Waals surface area contributed by atoms with Crippen molar-refractivity contribution in [2.75, 3.05) is 40.1 Å². The van der Waals surface area contributed by atoms with Crippen molar-refractivity contribution in [3.8, 4) is 0 Å². The molecule has 0 aliphatic carbocycles. The minimum absolute atomic E-state index is 0.247. The number of halogens is 1. The van der Waals surface area contributed by atoms with Gasteiger partial charge in [0.15, 0.2) is 0 Å². The van der Waals surface area contributed by atoms with Crippen LogP contribution in [0.5, 0.6) is 0 Å². The van der Waals surface area contributed by atoms with Crippen molar-refractivity contribution in [2.24, 2.45) is 0 Å². The predicted molar refractivity (Wildman–Crippen MR) is 152 cm³/mol. The monoisotopic (exact) mass is 586 g/mol. The van der Waals surface area contributed by atoms with Crippen LogP contribution in [0.15, 0.2) is 22.7 Å². The molecule has 6 nitrogen and oxygen atoms in total. The number of rotatable bonds is 20. The summed E-state index contributed by atoms with van der Waals surface area (Å²) in [6.07, 6.45) is 7.00. The Morgan fingerprint density at radius 2 is 1.30 bits per heavy atom. The lowest BCUT2D eigenvalue weighted by Gasteiger charge is -2.46. The Balaban J connectivity index is 2.44. The Hall–Kier alpha value is -0.540. The summed E-state index contributed by atoms with van der Waals surface area (Å²) >= 11 is 3.70. The number of benzene rings is 1. The molecule has 0 bridgehead atoms. The molecular formula is C30H51BrO6. The molecule has 1 saturated heterocycles. The second-order valence-corrected chi connectivity index (χ2v) is 10.8. The summed E-state index contributed by atoms with van der Waals surface area (Å²) in [7, 11) is 1.72. The fourth-order valence-corrected chi connectivity index (χ4v) is 5.08. The van der Waals surface area contributed by atoms with Crippen LogP contribution in [0.4, 0.5) is 0 Å². The van der Waals surface area contributed by atoms with Gasteiger partial charge in [-0.05, 0) is 48.9 Å². The van der Waals surface area contributed by atoms with Crippen molar-refractivity contribution < 1.29 is 28.4 Å². The van der Waals surface area contributed by atoms with Gasteiger partial charge in [0.2, 0.25) is 0 Å². The van der Waals surface area contributed by atoms with E-state index in [0.29, 0.717) is 33.0 Å². The molecule has 1 fully saturated rings. The predicted octanol–water partition coefficient (Wildman–Crippen LogP) is 7.41. The van der Waals surface area contributed by atoms with Gasteiger partial charge in [-0.2, -0.15) is 0 Å². The number of unbranched alkanes of at least 4 members (excludes halogenated alkanes) is 4. The molecule has 0 radical (unpaired) electrons. The van der Waals surface area contributed by atoms with E-state index in [1.165, 1.54) is 0 Å². The SMILES string of the molecule is CCCCOC[C@H]1O[C@@H](c2cc(Br)cc(COC)c2)[C@H](OCCCC)[C@@H](OCCCC)[C@@H]1OCCCC. The van der Waals surface area contributed by atoms with E-state index in [-0.39, 0.29) is 30.5 Å². The molecule has 0 aromatic heterocycles. The molecule has 1 aromatic carbocycles. The molecule has 0 unspecified atom stereocenters. The maximum Gasteiger partial charge on any atom is 0.117 e. The Morgan fingerprint density at radius 1 is 0.730 bits per heavy atom. The summed E-state index contributed by atoms with van der Waals surface area (Å²) in [5.74, 6) is 0. The maximum atomic E-state index is 6.85. The van der Waals surface area contributed by atoms with Crippen molar-refractivity contribution in [1.29, 1.82) is 0 Å². The summed E-state index contributed by atoms with van der Waals surface area (Å²) in [5.41, 5.74) is 2.14. The van der Waals surface area contributed by atoms with Crippen LogP contribution in [0, 0.1) is 0 Å². The zero-order valence-corrected chi connectivity index (χ0v) is 25.4. The smallest absolute Gasteiger partial charge is 0.117 e. The van der Waals surface area contributed by atoms with Crippen LogP contribution in [0.2, 0.25) is 0 Å². The highest BCUT2D eigenvalue weighted by molar-refractivity contribution is 9.10. The first-order chi connectivity index (χ1) is 18.1. The molecule has 5 atom stereocenters. The second-order valence-electron chi connectivity index (χ2n) is 9.92. The summed E-state index contributed by atoms with van der Waals surface area (Å²) in [5, 5.41) is 0. The van der Waals surface area contributed by atoms with Crippen molar-refractivity contribution in [3.05, 3.63) is 33.8 Å². The summed E-state index contributed by atoms with van der Waals surface area (Å²) in [6, 6.07) is 6.36. The normalized spacial score (nSPS) is 24.0. The highest BCUT2D eigenvalue weighted by Crippen LogP contribution is 2.39. The number of hydrogen-bond donors (Lipinski definition) is 0. The standard InChI is InChI=1S/C30H51BrO6/c1-6-10-14-33-22-26-28(34-15-11-7-2)30(36-17-13-9-4)29(35-16-12-8-3)27(37-26)24-18-23(21-32-5)19-25(31)20-24/h18-20,26-30H,6-17,21-22H2,1-5H3/t26-,27+,28-,29+,30+/m1/s1. The zero-order valence-electron chi connectivity index (χ0n) is 23.8. The van der Waals surface area contributed by atoms with Crippen LogP contribution in [-0.2, 0) is 35.0 Å². The average Bonchev–Trinajstić information content (AvgIpc) is 2.88. The first-order valence-corrected chi connectivity index (χ1v) is 15.2. The minimum Gasteiger partial charge on any atom is -0.380 e. The lowest BCUT2D eigenvalue weighted by atomic mass is 9.89. The van der Waals surface area contributed by atoms with Crippen LogP contribution in [0.25, 0.3) is 0 Å². The Morgan fingerprint density at radius 3 is 1.89 bits per heavy atom. The number of hydrogen-bond acceptors (Lipinski definition) is 6. The molecular weight excluding hydrogens is 536 g/mol. The van der Waals surface area contributed by atoms with Crippen LogP contribution in [-0.4, -0.2) is 64.6 Å². The van der Waals surface area contributed by atoms with E-state index in [2.05, 4.69) is 61.8 Å². The largest absolute Gasteiger partial charge is 0.380 e. The van der Waals surface area contributed by atoms with Gasteiger partial charge in [0.05, 0.1) is 13.2 Å². The quantitative estimate of drug-likeness (QED) is 0.148. The third kappa shape index (κ3) is 11.2. The first-order valence-electron chi connectivity index (χ1n) is 14.5. The molecule has 37 heavy (non-hydrogen) atoms. The van der Waals surface area contributed by atoms with E-state index in [4.69, 9.17) is 28.4 Å². The van der Waals surface area contributed by atoms with Crippen LogP contribution in [0.1, 0.15) is 96.3 Å². The summed E-state index contributed by atoms with van der Waals surface area (Å²) in [6.45, 7) is 12.4. The molecule has 0 spiro atoms. The molecule has 0 amide bonds. The topological polar surface area (TPSA) is 55.4 Å². The van der Waals surface area contributed by atoms with Gasteiger partial charge in [0, 0.05) is 38.0 Å². The highest BCUT2D eigenvalue weighted by Gasteiger charge is 2.48. The molecule has 1 aliphatic heterocycles.